The number of nitrogens with zero attached hydrogens (tertiary/aromatic N) is 2. The number of amides is 1. The highest BCUT2D eigenvalue weighted by atomic mass is 16.2. The number of para-hydroxylation sites is 1. The Kier molecular flexibility index (Phi) is 4.68. The molecule has 2 saturated carbocycles. The first-order valence-corrected chi connectivity index (χ1v) is 9.39. The van der Waals surface area contributed by atoms with E-state index in [1.54, 1.807) is 0 Å². The third kappa shape index (κ3) is 3.53. The molecule has 4 nitrogen and oxygen atoms in total. The van der Waals surface area contributed by atoms with Crippen LogP contribution in [0.5, 0.6) is 0 Å². The number of carbonyl (C=O) groups is 1. The molecule has 0 radical (unpaired) electrons. The van der Waals surface area contributed by atoms with E-state index < -0.39 is 0 Å². The molecule has 1 N–H and O–H groups in total. The van der Waals surface area contributed by atoms with Gasteiger partial charge in [-0.05, 0) is 61.8 Å². The average Bonchev–Trinajstić information content (AvgIpc) is 3.20. The van der Waals surface area contributed by atoms with Gasteiger partial charge in [-0.3, -0.25) is 4.79 Å². The lowest BCUT2D eigenvalue weighted by atomic mass is 9.70. The zero-order valence-electron chi connectivity index (χ0n) is 14.5. The van der Waals surface area contributed by atoms with Crippen LogP contribution in [0.25, 0.3) is 5.69 Å². The minimum absolute atomic E-state index is 0.137. The number of carbonyl (C=O) groups excluding carboxylic acids is 1. The van der Waals surface area contributed by atoms with Crippen molar-refractivity contribution < 1.29 is 4.79 Å². The van der Waals surface area contributed by atoms with E-state index >= 15 is 0 Å². The van der Waals surface area contributed by atoms with Gasteiger partial charge in [-0.2, -0.15) is 5.10 Å². The van der Waals surface area contributed by atoms with E-state index in [1.165, 1.54) is 32.1 Å². The molecule has 2 aromatic rings. The summed E-state index contributed by atoms with van der Waals surface area (Å²) in [7, 11) is 0. The fourth-order valence-electron chi connectivity index (χ4n) is 4.37. The molecule has 1 aromatic heterocycles. The Bertz CT molecular complexity index is 763. The zero-order chi connectivity index (χ0) is 17.1. The molecular formula is C21H25N3O. The van der Waals surface area contributed by atoms with E-state index in [0.29, 0.717) is 5.56 Å². The summed E-state index contributed by atoms with van der Waals surface area (Å²) < 4.78 is 1.95. The molecule has 2 atom stereocenters. The van der Waals surface area contributed by atoms with Crippen LogP contribution in [0.1, 0.15) is 55.3 Å². The lowest BCUT2D eigenvalue weighted by Gasteiger charge is -2.35. The maximum Gasteiger partial charge on any atom is 0.273 e. The summed E-state index contributed by atoms with van der Waals surface area (Å²) in [6.07, 6.45) is 12.7. The van der Waals surface area contributed by atoms with E-state index in [-0.39, 0.29) is 5.91 Å². The van der Waals surface area contributed by atoms with Crippen molar-refractivity contribution in [3.05, 3.63) is 54.4 Å². The molecule has 25 heavy (non-hydrogen) atoms. The predicted molar refractivity (Wildman–Crippen MR) is 100.0 cm³/mol. The molecule has 0 unspecified atom stereocenters. The molecule has 1 heterocycles. The van der Waals surface area contributed by atoms with Crippen LogP contribution < -0.4 is 5.43 Å². The third-order valence-electron chi connectivity index (χ3n) is 5.71. The Morgan fingerprint density at radius 1 is 1.00 bits per heavy atom. The highest BCUT2D eigenvalue weighted by molar-refractivity contribution is 5.98. The smallest absolute Gasteiger partial charge is 0.273 e. The highest BCUT2D eigenvalue weighted by Crippen LogP contribution is 2.39. The molecule has 0 aliphatic heterocycles. The number of nitrogens with one attached hydrogen (secondary N) is 1. The predicted octanol–water partition coefficient (Wildman–Crippen LogP) is 4.55. The van der Waals surface area contributed by atoms with E-state index in [1.807, 2.05) is 53.4 Å². The van der Waals surface area contributed by atoms with Crippen molar-refractivity contribution in [2.75, 3.05) is 0 Å². The van der Waals surface area contributed by atoms with Gasteiger partial charge in [0.1, 0.15) is 0 Å². The monoisotopic (exact) mass is 335 g/mol. The molecule has 2 fully saturated rings. The Balaban J connectivity index is 1.46. The second kappa shape index (κ2) is 7.26. The summed E-state index contributed by atoms with van der Waals surface area (Å²) in [4.78, 5) is 12.7. The number of hydrogen-bond donors (Lipinski definition) is 1. The van der Waals surface area contributed by atoms with E-state index in [4.69, 9.17) is 0 Å². The number of hydrazone groups is 1. The van der Waals surface area contributed by atoms with Gasteiger partial charge < -0.3 is 4.57 Å². The molecule has 2 aliphatic rings. The summed E-state index contributed by atoms with van der Waals surface area (Å²) >= 11 is 0. The van der Waals surface area contributed by atoms with E-state index in [2.05, 4.69) is 10.5 Å². The Hall–Kier alpha value is -2.36. The van der Waals surface area contributed by atoms with Crippen molar-refractivity contribution in [2.24, 2.45) is 16.9 Å². The van der Waals surface area contributed by atoms with Crippen LogP contribution in [0, 0.1) is 11.8 Å². The molecule has 4 heteroatoms. The molecular weight excluding hydrogens is 310 g/mol. The van der Waals surface area contributed by atoms with Gasteiger partial charge in [-0.1, -0.05) is 31.4 Å². The first-order chi connectivity index (χ1) is 12.3. The largest absolute Gasteiger partial charge is 0.323 e. The van der Waals surface area contributed by atoms with E-state index in [9.17, 15) is 4.79 Å². The summed E-state index contributed by atoms with van der Waals surface area (Å²) in [6.45, 7) is 0. The lowest BCUT2D eigenvalue weighted by Crippen LogP contribution is -2.30. The number of fused-ring (bicyclic) bond motifs is 1. The maximum absolute atomic E-state index is 12.7. The SMILES string of the molecule is O=C(N/N=C1\CC[C@@H]2CCCC[C@H]2C1)c1ccccc1-n1cccc1. The molecule has 2 aliphatic carbocycles. The highest BCUT2D eigenvalue weighted by Gasteiger charge is 2.30. The van der Waals surface area contributed by atoms with Crippen molar-refractivity contribution >= 4 is 11.6 Å². The van der Waals surface area contributed by atoms with Crippen LogP contribution in [-0.2, 0) is 0 Å². The molecule has 0 bridgehead atoms. The van der Waals surface area contributed by atoms with Gasteiger partial charge in [0.15, 0.2) is 0 Å². The standard InChI is InChI=1S/C21H25N3O/c25-21(19-9-3-4-10-20(19)24-13-5-6-14-24)23-22-18-12-11-16-7-1-2-8-17(16)15-18/h3-6,9-10,13-14,16-17H,1-2,7-8,11-12,15H2,(H,23,25)/b22-18+/t16-,17-/m0/s1. The van der Waals surface area contributed by atoms with Gasteiger partial charge in [-0.25, -0.2) is 5.43 Å². The number of hydrogen-bond acceptors (Lipinski definition) is 2. The summed E-state index contributed by atoms with van der Waals surface area (Å²) in [5.41, 5.74) is 5.49. The second-order valence-electron chi connectivity index (χ2n) is 7.27. The molecule has 1 amide bonds. The van der Waals surface area contributed by atoms with Gasteiger partial charge >= 0.3 is 0 Å². The topological polar surface area (TPSA) is 46.4 Å². The Labute approximate surface area is 148 Å². The van der Waals surface area contributed by atoms with Crippen LogP contribution >= 0.6 is 0 Å². The van der Waals surface area contributed by atoms with Crippen LogP contribution in [0.3, 0.4) is 0 Å². The number of aromatic nitrogens is 1. The van der Waals surface area contributed by atoms with Gasteiger partial charge in [0.25, 0.3) is 5.91 Å². The lowest BCUT2D eigenvalue weighted by molar-refractivity contribution is 0.0954. The number of rotatable bonds is 3. The van der Waals surface area contributed by atoms with Crippen molar-refractivity contribution in [3.63, 3.8) is 0 Å². The second-order valence-corrected chi connectivity index (χ2v) is 7.27. The van der Waals surface area contributed by atoms with Crippen LogP contribution in [0.2, 0.25) is 0 Å². The molecule has 1 aromatic carbocycles. The number of benzene rings is 1. The Morgan fingerprint density at radius 2 is 1.76 bits per heavy atom. The minimum atomic E-state index is -0.137. The van der Waals surface area contributed by atoms with Crippen molar-refractivity contribution in [3.8, 4) is 5.69 Å². The first kappa shape index (κ1) is 16.1. The zero-order valence-corrected chi connectivity index (χ0v) is 14.5. The van der Waals surface area contributed by atoms with Crippen molar-refractivity contribution in [1.82, 2.24) is 9.99 Å². The average molecular weight is 335 g/mol. The normalized spacial score (nSPS) is 24.7. The van der Waals surface area contributed by atoms with Gasteiger partial charge in [0.05, 0.1) is 11.3 Å². The van der Waals surface area contributed by atoms with Gasteiger partial charge in [-0.15, -0.1) is 0 Å². The fourth-order valence-corrected chi connectivity index (χ4v) is 4.37. The summed E-state index contributed by atoms with van der Waals surface area (Å²) in [6, 6.07) is 11.6. The molecule has 130 valence electrons. The molecule has 0 saturated heterocycles. The summed E-state index contributed by atoms with van der Waals surface area (Å²) in [5, 5.41) is 4.48. The maximum atomic E-state index is 12.7. The van der Waals surface area contributed by atoms with Crippen LogP contribution in [0.15, 0.2) is 53.9 Å². The van der Waals surface area contributed by atoms with Gasteiger partial charge in [0.2, 0.25) is 0 Å². The van der Waals surface area contributed by atoms with Crippen molar-refractivity contribution in [1.29, 1.82) is 0 Å². The fraction of sp³-hybridized carbons (Fsp3) is 0.429. The Morgan fingerprint density at radius 3 is 2.60 bits per heavy atom. The minimum Gasteiger partial charge on any atom is -0.323 e. The van der Waals surface area contributed by atoms with Crippen molar-refractivity contribution in [2.45, 2.75) is 44.9 Å². The van der Waals surface area contributed by atoms with E-state index in [0.717, 1.165) is 36.1 Å². The summed E-state index contributed by atoms with van der Waals surface area (Å²) in [5.74, 6) is 1.53. The van der Waals surface area contributed by atoms with Crippen LogP contribution in [-0.4, -0.2) is 16.2 Å². The molecule has 0 spiro atoms. The third-order valence-corrected chi connectivity index (χ3v) is 5.71. The first-order valence-electron chi connectivity index (χ1n) is 9.39. The van der Waals surface area contributed by atoms with Gasteiger partial charge in [0, 0.05) is 18.1 Å². The quantitative estimate of drug-likeness (QED) is 0.822. The van der Waals surface area contributed by atoms with Crippen LogP contribution in [0.4, 0.5) is 0 Å². The molecule has 4 rings (SSSR count).